The van der Waals surface area contributed by atoms with Crippen LogP contribution in [0.3, 0.4) is 0 Å². The van der Waals surface area contributed by atoms with E-state index in [0.29, 0.717) is 28.8 Å². The third-order valence-electron chi connectivity index (χ3n) is 6.62. The standard InChI is InChI=1S/C27H28FN5O3S/c28-17-10-12-19(13-11-17)30-24(35)16-37-27-32-21-9-5-4-8-20(21)25-31-22(26(36)33(25)27)14-15-23(34)29-18-6-2-1-3-7-18/h4-5,8-13,18,22H,1-3,6-7,14-16H2,(H,29,34)(H,30,35). The van der Waals surface area contributed by atoms with Crippen molar-refractivity contribution in [1.82, 2.24) is 10.2 Å². The van der Waals surface area contributed by atoms with Crippen molar-refractivity contribution in [1.29, 1.82) is 0 Å². The highest BCUT2D eigenvalue weighted by Crippen LogP contribution is 2.34. The van der Waals surface area contributed by atoms with Crippen molar-refractivity contribution >= 4 is 51.9 Å². The molecule has 0 spiro atoms. The van der Waals surface area contributed by atoms with E-state index in [1.807, 2.05) is 24.3 Å². The minimum atomic E-state index is -0.683. The Labute approximate surface area is 218 Å². The molecule has 37 heavy (non-hydrogen) atoms. The molecule has 1 saturated carbocycles. The Morgan fingerprint density at radius 2 is 1.78 bits per heavy atom. The SMILES string of the molecule is O=C(CSC1=Nc2ccccc2C2=NC(CCC(=O)NC3CCCCC3)C(=O)N12)Nc1ccc(F)cc1. The first-order valence-corrected chi connectivity index (χ1v) is 13.5. The number of fused-ring (bicyclic) bond motifs is 3. The average molecular weight is 522 g/mol. The fourth-order valence-corrected chi connectivity index (χ4v) is 5.56. The lowest BCUT2D eigenvalue weighted by Crippen LogP contribution is -2.42. The van der Waals surface area contributed by atoms with Gasteiger partial charge in [-0.1, -0.05) is 43.2 Å². The fourth-order valence-electron chi connectivity index (χ4n) is 4.76. The molecule has 0 radical (unpaired) electrons. The molecule has 192 valence electrons. The Balaban J connectivity index is 1.25. The smallest absolute Gasteiger partial charge is 0.259 e. The molecule has 0 bridgehead atoms. The first kappa shape index (κ1) is 25.1. The average Bonchev–Trinajstić information content (AvgIpc) is 3.24. The van der Waals surface area contributed by atoms with Crippen molar-refractivity contribution in [2.45, 2.75) is 57.0 Å². The maximum Gasteiger partial charge on any atom is 0.259 e. The van der Waals surface area contributed by atoms with Crippen LogP contribution in [0.4, 0.5) is 15.8 Å². The summed E-state index contributed by atoms with van der Waals surface area (Å²) in [5.41, 5.74) is 1.89. The number of nitrogens with zero attached hydrogens (tertiary/aromatic N) is 3. The zero-order valence-corrected chi connectivity index (χ0v) is 21.1. The van der Waals surface area contributed by atoms with Gasteiger partial charge in [-0.3, -0.25) is 19.4 Å². The van der Waals surface area contributed by atoms with E-state index in [1.54, 1.807) is 0 Å². The summed E-state index contributed by atoms with van der Waals surface area (Å²) in [5.74, 6) is -0.493. The van der Waals surface area contributed by atoms with Crippen molar-refractivity contribution in [2.24, 2.45) is 9.98 Å². The van der Waals surface area contributed by atoms with Crippen molar-refractivity contribution in [3.63, 3.8) is 0 Å². The first-order chi connectivity index (χ1) is 18.0. The van der Waals surface area contributed by atoms with Gasteiger partial charge in [-0.05, 0) is 55.7 Å². The molecular formula is C27H28FN5O3S. The van der Waals surface area contributed by atoms with Gasteiger partial charge >= 0.3 is 0 Å². The van der Waals surface area contributed by atoms with E-state index < -0.39 is 6.04 Å². The van der Waals surface area contributed by atoms with Gasteiger partial charge in [0.05, 0.1) is 11.4 Å². The Hall–Kier alpha value is -3.53. The molecular weight excluding hydrogens is 493 g/mol. The third-order valence-corrected chi connectivity index (χ3v) is 7.56. The fraction of sp³-hybridized carbons (Fsp3) is 0.370. The van der Waals surface area contributed by atoms with Gasteiger partial charge in [0.2, 0.25) is 11.8 Å². The molecule has 0 saturated heterocycles. The van der Waals surface area contributed by atoms with Gasteiger partial charge in [0.15, 0.2) is 5.17 Å². The van der Waals surface area contributed by atoms with Gasteiger partial charge in [-0.15, -0.1) is 0 Å². The molecule has 5 rings (SSSR count). The summed E-state index contributed by atoms with van der Waals surface area (Å²) in [4.78, 5) is 49.2. The molecule has 1 fully saturated rings. The lowest BCUT2D eigenvalue weighted by Gasteiger charge is -2.25. The number of carbonyl (C=O) groups is 3. The van der Waals surface area contributed by atoms with E-state index in [0.717, 1.165) is 43.0 Å². The molecule has 2 heterocycles. The number of benzene rings is 2. The number of hydrogen-bond acceptors (Lipinski definition) is 6. The topological polar surface area (TPSA) is 103 Å². The normalized spacial score (nSPS) is 19.0. The van der Waals surface area contributed by atoms with Crippen molar-refractivity contribution < 1.29 is 18.8 Å². The molecule has 2 aromatic carbocycles. The molecule has 2 aromatic rings. The van der Waals surface area contributed by atoms with Crippen LogP contribution in [-0.2, 0) is 14.4 Å². The molecule has 3 aliphatic rings. The molecule has 10 heteroatoms. The molecule has 2 aliphatic heterocycles. The number of amidine groups is 2. The van der Waals surface area contributed by atoms with Gasteiger partial charge < -0.3 is 10.6 Å². The van der Waals surface area contributed by atoms with Crippen LogP contribution in [0.1, 0.15) is 50.5 Å². The van der Waals surface area contributed by atoms with E-state index in [-0.39, 0.29) is 41.8 Å². The van der Waals surface area contributed by atoms with Crippen LogP contribution in [0.2, 0.25) is 0 Å². The Morgan fingerprint density at radius 3 is 2.57 bits per heavy atom. The minimum Gasteiger partial charge on any atom is -0.353 e. The van der Waals surface area contributed by atoms with Crippen LogP contribution in [0.5, 0.6) is 0 Å². The maximum atomic E-state index is 13.4. The number of nitrogens with one attached hydrogen (secondary N) is 2. The number of para-hydroxylation sites is 1. The van der Waals surface area contributed by atoms with Crippen LogP contribution < -0.4 is 10.6 Å². The quantitative estimate of drug-likeness (QED) is 0.564. The summed E-state index contributed by atoms with van der Waals surface area (Å²) in [6.07, 6.45) is 6.03. The van der Waals surface area contributed by atoms with E-state index in [4.69, 9.17) is 0 Å². The van der Waals surface area contributed by atoms with Crippen LogP contribution in [0.25, 0.3) is 0 Å². The number of amides is 3. The lowest BCUT2D eigenvalue weighted by atomic mass is 9.95. The summed E-state index contributed by atoms with van der Waals surface area (Å²) in [7, 11) is 0. The molecule has 1 atom stereocenters. The number of anilines is 1. The van der Waals surface area contributed by atoms with Crippen molar-refractivity contribution in [2.75, 3.05) is 11.1 Å². The second kappa shape index (κ2) is 11.2. The van der Waals surface area contributed by atoms with Crippen LogP contribution in [0.15, 0.2) is 58.5 Å². The maximum absolute atomic E-state index is 13.4. The Kier molecular flexibility index (Phi) is 7.64. The lowest BCUT2D eigenvalue weighted by molar-refractivity contribution is -0.125. The predicted octanol–water partition coefficient (Wildman–Crippen LogP) is 4.39. The van der Waals surface area contributed by atoms with Gasteiger partial charge in [0.1, 0.15) is 17.7 Å². The summed E-state index contributed by atoms with van der Waals surface area (Å²) < 4.78 is 13.1. The molecule has 1 aliphatic carbocycles. The van der Waals surface area contributed by atoms with E-state index in [2.05, 4.69) is 20.6 Å². The summed E-state index contributed by atoms with van der Waals surface area (Å²) in [6, 6.07) is 12.5. The highest BCUT2D eigenvalue weighted by molar-refractivity contribution is 8.14. The van der Waals surface area contributed by atoms with E-state index in [9.17, 15) is 18.8 Å². The Morgan fingerprint density at radius 1 is 1.03 bits per heavy atom. The zero-order valence-electron chi connectivity index (χ0n) is 20.3. The molecule has 3 amide bonds. The number of thioether (sulfide) groups is 1. The highest BCUT2D eigenvalue weighted by atomic mass is 32.2. The zero-order chi connectivity index (χ0) is 25.8. The van der Waals surface area contributed by atoms with Gasteiger partial charge in [0.25, 0.3) is 5.91 Å². The molecule has 8 nitrogen and oxygen atoms in total. The van der Waals surface area contributed by atoms with Crippen LogP contribution in [0, 0.1) is 5.82 Å². The second-order valence-corrected chi connectivity index (χ2v) is 10.3. The van der Waals surface area contributed by atoms with Crippen molar-refractivity contribution in [3.05, 3.63) is 59.9 Å². The third kappa shape index (κ3) is 5.90. The molecule has 2 N–H and O–H groups in total. The van der Waals surface area contributed by atoms with E-state index in [1.165, 1.54) is 35.6 Å². The highest BCUT2D eigenvalue weighted by Gasteiger charge is 2.41. The summed E-state index contributed by atoms with van der Waals surface area (Å²) in [5, 5.41) is 6.18. The number of rotatable bonds is 7. The number of carbonyl (C=O) groups excluding carboxylic acids is 3. The molecule has 1 unspecified atom stereocenters. The van der Waals surface area contributed by atoms with Crippen molar-refractivity contribution in [3.8, 4) is 0 Å². The van der Waals surface area contributed by atoms with Gasteiger partial charge in [0, 0.05) is 23.7 Å². The summed E-state index contributed by atoms with van der Waals surface area (Å²) >= 11 is 1.13. The van der Waals surface area contributed by atoms with Crippen LogP contribution in [-0.4, -0.2) is 51.5 Å². The van der Waals surface area contributed by atoms with Crippen LogP contribution >= 0.6 is 11.8 Å². The summed E-state index contributed by atoms with van der Waals surface area (Å²) in [6.45, 7) is 0. The largest absolute Gasteiger partial charge is 0.353 e. The minimum absolute atomic E-state index is 0.00387. The Bertz CT molecular complexity index is 1260. The van der Waals surface area contributed by atoms with E-state index >= 15 is 0 Å². The first-order valence-electron chi connectivity index (χ1n) is 12.6. The molecule has 0 aromatic heterocycles. The predicted molar refractivity (Wildman–Crippen MR) is 142 cm³/mol. The van der Waals surface area contributed by atoms with Gasteiger partial charge in [-0.25, -0.2) is 14.3 Å². The number of halogens is 1. The number of aliphatic imine (C=N–C) groups is 2. The number of hydrogen-bond donors (Lipinski definition) is 2. The monoisotopic (exact) mass is 521 g/mol. The second-order valence-electron chi connectivity index (χ2n) is 9.34. The van der Waals surface area contributed by atoms with Gasteiger partial charge in [-0.2, -0.15) is 0 Å².